The number of carbonyl (C=O) groups is 2. The Morgan fingerprint density at radius 3 is 2.31 bits per heavy atom. The van der Waals surface area contributed by atoms with Crippen molar-refractivity contribution in [3.63, 3.8) is 0 Å². The van der Waals surface area contributed by atoms with Crippen LogP contribution < -0.4 is 10.6 Å². The molecule has 5 saturated carbocycles. The fourth-order valence-corrected chi connectivity index (χ4v) is 14.1. The third-order valence-corrected chi connectivity index (χ3v) is 17.0. The van der Waals surface area contributed by atoms with Crippen LogP contribution in [0, 0.1) is 61.6 Å². The second-order valence-corrected chi connectivity index (χ2v) is 20.0. The van der Waals surface area contributed by atoms with E-state index < -0.39 is 11.4 Å². The SMILES string of the molecule is C=C(C)[C@@H]1CCC2(CNCC3=CNCC=C3)CC[C@]3(C)C(C)(CCC4C5(C)CCC(OC(=O)CC(C)(C)C(=O)O)C(C)(C)C5CCC43C)C12. The smallest absolute Gasteiger partial charge is 0.309 e. The summed E-state index contributed by atoms with van der Waals surface area (Å²) in [6.07, 6.45) is 18.4. The predicted octanol–water partition coefficient (Wildman–Crippen LogP) is 9.08. The van der Waals surface area contributed by atoms with Crippen LogP contribution in [0.1, 0.15) is 133 Å². The summed E-state index contributed by atoms with van der Waals surface area (Å²) in [5.41, 5.74) is 2.65. The first-order valence-electron chi connectivity index (χ1n) is 19.7. The van der Waals surface area contributed by atoms with Gasteiger partial charge >= 0.3 is 11.9 Å². The van der Waals surface area contributed by atoms with E-state index in [2.05, 4.69) is 84.0 Å². The van der Waals surface area contributed by atoms with Crippen molar-refractivity contribution in [2.45, 2.75) is 139 Å². The van der Waals surface area contributed by atoms with Crippen LogP contribution in [-0.4, -0.2) is 42.8 Å². The monoisotopic (exact) mass is 677 g/mol. The first-order valence-corrected chi connectivity index (χ1v) is 19.7. The van der Waals surface area contributed by atoms with Gasteiger partial charge in [0.2, 0.25) is 0 Å². The highest BCUT2D eigenvalue weighted by atomic mass is 16.5. The molecule has 0 saturated heterocycles. The van der Waals surface area contributed by atoms with Crippen LogP contribution in [-0.2, 0) is 14.3 Å². The molecular weight excluding hydrogens is 608 g/mol. The molecule has 0 aromatic heterocycles. The Morgan fingerprint density at radius 1 is 0.959 bits per heavy atom. The Balaban J connectivity index is 1.26. The van der Waals surface area contributed by atoms with Crippen molar-refractivity contribution in [2.75, 3.05) is 19.6 Å². The molecule has 0 aromatic rings. The van der Waals surface area contributed by atoms with Gasteiger partial charge in [0.15, 0.2) is 0 Å². The minimum Gasteiger partial charge on any atom is -0.481 e. The molecule has 6 rings (SSSR count). The average Bonchev–Trinajstić information content (AvgIpc) is 3.41. The number of carboxylic acids is 1. The molecule has 6 nitrogen and oxygen atoms in total. The second-order valence-electron chi connectivity index (χ2n) is 20.0. The Kier molecular flexibility index (Phi) is 9.19. The highest BCUT2D eigenvalue weighted by Crippen LogP contribution is 2.81. The molecule has 0 radical (unpaired) electrons. The van der Waals surface area contributed by atoms with E-state index in [0.29, 0.717) is 29.1 Å². The van der Waals surface area contributed by atoms with Gasteiger partial charge in [-0.25, -0.2) is 0 Å². The fraction of sp³-hybridized carbons (Fsp3) is 0.814. The topological polar surface area (TPSA) is 87.7 Å². The quantitative estimate of drug-likeness (QED) is 0.167. The molecule has 6 aliphatic rings. The molecule has 6 heteroatoms. The van der Waals surface area contributed by atoms with Crippen molar-refractivity contribution < 1.29 is 19.4 Å². The summed E-state index contributed by atoms with van der Waals surface area (Å²) in [5, 5.41) is 17.0. The molecule has 49 heavy (non-hydrogen) atoms. The number of hydrogen-bond acceptors (Lipinski definition) is 5. The number of aliphatic carboxylic acids is 1. The molecule has 0 aromatic carbocycles. The lowest BCUT2D eigenvalue weighted by Gasteiger charge is -2.76. The summed E-state index contributed by atoms with van der Waals surface area (Å²) in [5.74, 6) is 0.991. The van der Waals surface area contributed by atoms with Crippen LogP contribution >= 0.6 is 0 Å². The largest absolute Gasteiger partial charge is 0.481 e. The molecule has 1 aliphatic heterocycles. The molecule has 274 valence electrons. The molecule has 0 spiro atoms. The van der Waals surface area contributed by atoms with Crippen LogP contribution in [0.15, 0.2) is 36.1 Å². The number of dihydropyridines is 1. The van der Waals surface area contributed by atoms with Gasteiger partial charge in [-0.15, -0.1) is 0 Å². The first kappa shape index (κ1) is 36.7. The van der Waals surface area contributed by atoms with E-state index in [1.807, 2.05) is 0 Å². The summed E-state index contributed by atoms with van der Waals surface area (Å²) in [6, 6.07) is 0. The van der Waals surface area contributed by atoms with E-state index >= 15 is 0 Å². The number of esters is 1. The number of nitrogens with one attached hydrogen (secondary N) is 2. The van der Waals surface area contributed by atoms with Crippen LogP contribution in [0.25, 0.3) is 0 Å². The third kappa shape index (κ3) is 5.50. The van der Waals surface area contributed by atoms with Crippen molar-refractivity contribution in [3.05, 3.63) is 36.1 Å². The maximum atomic E-state index is 13.1. The van der Waals surface area contributed by atoms with Gasteiger partial charge in [0.25, 0.3) is 0 Å². The van der Waals surface area contributed by atoms with E-state index in [9.17, 15) is 14.7 Å². The van der Waals surface area contributed by atoms with Crippen molar-refractivity contribution in [1.29, 1.82) is 0 Å². The van der Waals surface area contributed by atoms with Crippen molar-refractivity contribution in [3.8, 4) is 0 Å². The zero-order chi connectivity index (χ0) is 35.8. The number of hydrogen-bond donors (Lipinski definition) is 3. The first-order chi connectivity index (χ1) is 22.8. The molecule has 10 atom stereocenters. The maximum Gasteiger partial charge on any atom is 0.309 e. The van der Waals surface area contributed by atoms with Crippen LogP contribution in [0.2, 0.25) is 0 Å². The van der Waals surface area contributed by atoms with Gasteiger partial charge < -0.3 is 20.5 Å². The van der Waals surface area contributed by atoms with Crippen LogP contribution in [0.5, 0.6) is 0 Å². The molecule has 0 amide bonds. The Hall–Kier alpha value is -2.08. The van der Waals surface area contributed by atoms with Crippen LogP contribution in [0.3, 0.4) is 0 Å². The summed E-state index contributed by atoms with van der Waals surface area (Å²) < 4.78 is 6.21. The van der Waals surface area contributed by atoms with E-state index in [4.69, 9.17) is 4.74 Å². The number of carboxylic acid groups (broad SMARTS) is 1. The summed E-state index contributed by atoms with van der Waals surface area (Å²) in [7, 11) is 0. The molecule has 0 bridgehead atoms. The molecule has 3 N–H and O–H groups in total. The number of allylic oxidation sites excluding steroid dienone is 1. The van der Waals surface area contributed by atoms with E-state index in [1.165, 1.54) is 56.1 Å². The highest BCUT2D eigenvalue weighted by molar-refractivity contribution is 5.81. The van der Waals surface area contributed by atoms with Crippen LogP contribution in [0.4, 0.5) is 0 Å². The van der Waals surface area contributed by atoms with Gasteiger partial charge in [0.05, 0.1) is 11.8 Å². The molecular formula is C43H68N2O4. The van der Waals surface area contributed by atoms with Gasteiger partial charge in [-0.2, -0.15) is 0 Å². The lowest BCUT2D eigenvalue weighted by Crippen LogP contribution is -2.70. The maximum absolute atomic E-state index is 13.1. The van der Waals surface area contributed by atoms with E-state index in [1.54, 1.807) is 13.8 Å². The Labute approximate surface area is 297 Å². The zero-order valence-electron chi connectivity index (χ0n) is 32.4. The Bertz CT molecular complexity index is 1410. The minimum atomic E-state index is -1.13. The number of carbonyl (C=O) groups excluding carboxylic acids is 1. The normalized spacial score (nSPS) is 43.9. The Morgan fingerprint density at radius 2 is 1.65 bits per heavy atom. The zero-order valence-corrected chi connectivity index (χ0v) is 32.4. The average molecular weight is 677 g/mol. The van der Waals surface area contributed by atoms with Gasteiger partial charge in [-0.3, -0.25) is 9.59 Å². The van der Waals surface area contributed by atoms with Gasteiger partial charge in [0.1, 0.15) is 6.10 Å². The molecule has 1 heterocycles. The highest BCUT2D eigenvalue weighted by Gasteiger charge is 2.74. The second kappa shape index (κ2) is 12.3. The summed E-state index contributed by atoms with van der Waals surface area (Å²) in [6.45, 7) is 28.5. The molecule has 5 fully saturated rings. The number of rotatable bonds is 9. The predicted molar refractivity (Wildman–Crippen MR) is 198 cm³/mol. The van der Waals surface area contributed by atoms with E-state index in [0.717, 1.165) is 38.9 Å². The lowest BCUT2D eigenvalue weighted by molar-refractivity contribution is -0.278. The minimum absolute atomic E-state index is 0.0933. The van der Waals surface area contributed by atoms with Crippen molar-refractivity contribution in [2.24, 2.45) is 61.6 Å². The lowest BCUT2D eigenvalue weighted by atomic mass is 9.29. The van der Waals surface area contributed by atoms with Crippen molar-refractivity contribution in [1.82, 2.24) is 10.6 Å². The summed E-state index contributed by atoms with van der Waals surface area (Å²) in [4.78, 5) is 24.8. The van der Waals surface area contributed by atoms with Crippen molar-refractivity contribution >= 4 is 11.9 Å². The molecule has 8 unspecified atom stereocenters. The van der Waals surface area contributed by atoms with Gasteiger partial charge in [-0.1, -0.05) is 65.8 Å². The summed E-state index contributed by atoms with van der Waals surface area (Å²) >= 11 is 0. The third-order valence-electron chi connectivity index (χ3n) is 17.0. The number of fused-ring (bicyclic) bond motifs is 7. The van der Waals surface area contributed by atoms with Gasteiger partial charge in [0, 0.05) is 31.2 Å². The van der Waals surface area contributed by atoms with Gasteiger partial charge in [-0.05, 0) is 141 Å². The number of ether oxygens (including phenoxy) is 1. The van der Waals surface area contributed by atoms with E-state index in [-0.39, 0.29) is 45.6 Å². The molecule has 5 aliphatic carbocycles. The standard InChI is InChI=1S/C43H68N2O4/c1-28(2)30-13-20-43(27-45-26-29-12-11-23-44-25-29)22-21-42(10)40(8)18-14-31-38(5,6)33(49-34(46)24-37(3,4)36(47)48)16-17-39(31,7)32(40)15-19-41(42,9)35(30)43/h11-12,25,30-33,35,44-45H,1,13-24,26-27H2,2-10H3,(H,47,48)/t30-,31?,32?,33?,35?,39?,40?,41?,42-,43?/m0/s1. The fourth-order valence-electron chi connectivity index (χ4n) is 14.1.